The van der Waals surface area contributed by atoms with Gasteiger partial charge in [0.15, 0.2) is 5.69 Å². The Hall–Kier alpha value is -2.99. The Morgan fingerprint density at radius 3 is 2.38 bits per heavy atom. The lowest BCUT2D eigenvalue weighted by atomic mass is 10.1. The maximum Gasteiger partial charge on any atom is 0.276 e. The maximum atomic E-state index is 12.5. The van der Waals surface area contributed by atoms with E-state index in [1.54, 1.807) is 16.6 Å². The highest BCUT2D eigenvalue weighted by Gasteiger charge is 2.20. The standard InChI is InChI=1S/C20H23N5O/c1-15-19(20(26)24(3)14-13-21-2)22-23-25(15)18-11-9-17(10-12-18)16-7-5-4-6-8-16/h4-12,21H,13-14H2,1-3H3. The molecule has 0 aliphatic carbocycles. The van der Waals surface area contributed by atoms with Gasteiger partial charge in [-0.25, -0.2) is 4.68 Å². The van der Waals surface area contributed by atoms with E-state index in [1.807, 2.05) is 56.4 Å². The van der Waals surface area contributed by atoms with Crippen molar-refractivity contribution in [3.8, 4) is 16.8 Å². The van der Waals surface area contributed by atoms with Gasteiger partial charge in [-0.05, 0) is 37.2 Å². The number of likely N-dealkylation sites (N-methyl/N-ethyl adjacent to an activating group) is 2. The predicted molar refractivity (Wildman–Crippen MR) is 102 cm³/mol. The number of benzene rings is 2. The van der Waals surface area contributed by atoms with E-state index in [9.17, 15) is 4.79 Å². The molecule has 0 saturated heterocycles. The lowest BCUT2D eigenvalue weighted by Gasteiger charge is -2.15. The van der Waals surface area contributed by atoms with Crippen LogP contribution in [0.3, 0.4) is 0 Å². The molecule has 0 saturated carbocycles. The number of aromatic nitrogens is 3. The van der Waals surface area contributed by atoms with Crippen molar-refractivity contribution in [2.24, 2.45) is 0 Å². The van der Waals surface area contributed by atoms with Crippen molar-refractivity contribution in [3.63, 3.8) is 0 Å². The Balaban J connectivity index is 1.82. The quantitative estimate of drug-likeness (QED) is 0.743. The molecule has 26 heavy (non-hydrogen) atoms. The lowest BCUT2D eigenvalue weighted by molar-refractivity contribution is 0.0790. The van der Waals surface area contributed by atoms with Gasteiger partial charge in [0.2, 0.25) is 0 Å². The van der Waals surface area contributed by atoms with E-state index in [0.29, 0.717) is 12.2 Å². The van der Waals surface area contributed by atoms with Crippen LogP contribution >= 0.6 is 0 Å². The topological polar surface area (TPSA) is 63.1 Å². The van der Waals surface area contributed by atoms with Crippen LogP contribution in [0.1, 0.15) is 16.2 Å². The number of hydrogen-bond acceptors (Lipinski definition) is 4. The van der Waals surface area contributed by atoms with Crippen molar-refractivity contribution >= 4 is 5.91 Å². The third-order valence-electron chi connectivity index (χ3n) is 4.36. The van der Waals surface area contributed by atoms with Crippen molar-refractivity contribution in [3.05, 3.63) is 66.0 Å². The summed E-state index contributed by atoms with van der Waals surface area (Å²) < 4.78 is 1.70. The zero-order valence-corrected chi connectivity index (χ0v) is 15.3. The molecule has 3 rings (SSSR count). The minimum Gasteiger partial charge on any atom is -0.339 e. The molecule has 6 heteroatoms. The predicted octanol–water partition coefficient (Wildman–Crippen LogP) is 2.53. The Labute approximate surface area is 153 Å². The number of nitrogens with zero attached hydrogens (tertiary/aromatic N) is 4. The molecule has 0 aliphatic heterocycles. The van der Waals surface area contributed by atoms with Crippen LogP contribution in [-0.2, 0) is 0 Å². The molecule has 0 radical (unpaired) electrons. The second-order valence-electron chi connectivity index (χ2n) is 6.18. The second-order valence-corrected chi connectivity index (χ2v) is 6.18. The summed E-state index contributed by atoms with van der Waals surface area (Å²) in [5.74, 6) is -0.120. The van der Waals surface area contributed by atoms with Crippen LogP contribution in [0.25, 0.3) is 16.8 Å². The summed E-state index contributed by atoms with van der Waals surface area (Å²) in [6.45, 7) is 3.22. The van der Waals surface area contributed by atoms with E-state index in [4.69, 9.17) is 0 Å². The molecule has 0 unspecified atom stereocenters. The molecule has 0 bridgehead atoms. The first-order valence-corrected chi connectivity index (χ1v) is 8.60. The van der Waals surface area contributed by atoms with Crippen molar-refractivity contribution in [2.75, 3.05) is 27.2 Å². The molecule has 2 aromatic carbocycles. The first-order chi connectivity index (χ1) is 12.6. The van der Waals surface area contributed by atoms with Gasteiger partial charge in [-0.15, -0.1) is 5.10 Å². The molecule has 0 fully saturated rings. The summed E-state index contributed by atoms with van der Waals surface area (Å²) >= 11 is 0. The van der Waals surface area contributed by atoms with Crippen LogP contribution in [0.4, 0.5) is 0 Å². The van der Waals surface area contributed by atoms with Crippen LogP contribution in [-0.4, -0.2) is 53.0 Å². The van der Waals surface area contributed by atoms with Crippen LogP contribution in [0.5, 0.6) is 0 Å². The number of carbonyl (C=O) groups excluding carboxylic acids is 1. The molecule has 6 nitrogen and oxygen atoms in total. The molecule has 0 spiro atoms. The monoisotopic (exact) mass is 349 g/mol. The van der Waals surface area contributed by atoms with Crippen LogP contribution < -0.4 is 5.32 Å². The first-order valence-electron chi connectivity index (χ1n) is 8.60. The van der Waals surface area contributed by atoms with Gasteiger partial charge in [-0.2, -0.15) is 0 Å². The number of nitrogens with one attached hydrogen (secondary N) is 1. The highest BCUT2D eigenvalue weighted by atomic mass is 16.2. The molecule has 1 heterocycles. The van der Waals surface area contributed by atoms with Gasteiger partial charge in [0.1, 0.15) is 0 Å². The lowest BCUT2D eigenvalue weighted by Crippen LogP contribution is -2.33. The van der Waals surface area contributed by atoms with E-state index >= 15 is 0 Å². The van der Waals surface area contributed by atoms with Gasteiger partial charge in [0.05, 0.1) is 11.4 Å². The van der Waals surface area contributed by atoms with Gasteiger partial charge in [-0.3, -0.25) is 4.79 Å². The number of carbonyl (C=O) groups is 1. The molecule has 0 atom stereocenters. The van der Waals surface area contributed by atoms with E-state index in [2.05, 4.69) is 27.8 Å². The summed E-state index contributed by atoms with van der Waals surface area (Å²) in [5, 5.41) is 11.3. The molecule has 1 N–H and O–H groups in total. The van der Waals surface area contributed by atoms with Gasteiger partial charge in [-0.1, -0.05) is 47.7 Å². The van der Waals surface area contributed by atoms with Crippen LogP contribution in [0.2, 0.25) is 0 Å². The molecule has 134 valence electrons. The molecular weight excluding hydrogens is 326 g/mol. The van der Waals surface area contributed by atoms with Gasteiger partial charge in [0, 0.05) is 20.1 Å². The number of rotatable bonds is 6. The largest absolute Gasteiger partial charge is 0.339 e. The molecule has 1 amide bonds. The van der Waals surface area contributed by atoms with E-state index in [-0.39, 0.29) is 5.91 Å². The number of amides is 1. The fourth-order valence-electron chi connectivity index (χ4n) is 2.76. The highest BCUT2D eigenvalue weighted by molar-refractivity contribution is 5.93. The van der Waals surface area contributed by atoms with Crippen LogP contribution in [0.15, 0.2) is 54.6 Å². The van der Waals surface area contributed by atoms with Crippen molar-refractivity contribution < 1.29 is 4.79 Å². The zero-order valence-electron chi connectivity index (χ0n) is 15.3. The fourth-order valence-corrected chi connectivity index (χ4v) is 2.76. The minimum absolute atomic E-state index is 0.120. The smallest absolute Gasteiger partial charge is 0.276 e. The van der Waals surface area contributed by atoms with Gasteiger partial charge < -0.3 is 10.2 Å². The summed E-state index contributed by atoms with van der Waals surface area (Å²) in [4.78, 5) is 14.2. The number of hydrogen-bond donors (Lipinski definition) is 1. The van der Waals surface area contributed by atoms with Gasteiger partial charge in [0.25, 0.3) is 5.91 Å². The maximum absolute atomic E-state index is 12.5. The van der Waals surface area contributed by atoms with Crippen LogP contribution in [0, 0.1) is 6.92 Å². The molecular formula is C20H23N5O. The summed E-state index contributed by atoms with van der Waals surface area (Å²) in [6, 6.07) is 18.3. The Morgan fingerprint density at radius 2 is 1.73 bits per heavy atom. The SMILES string of the molecule is CNCCN(C)C(=O)c1nnn(-c2ccc(-c3ccccc3)cc2)c1C. The van der Waals surface area contributed by atoms with Crippen molar-refractivity contribution in [2.45, 2.75) is 6.92 Å². The third kappa shape index (κ3) is 3.65. The summed E-state index contributed by atoms with van der Waals surface area (Å²) in [5.41, 5.74) is 4.30. The fraction of sp³-hybridized carbons (Fsp3) is 0.250. The normalized spacial score (nSPS) is 10.7. The Morgan fingerprint density at radius 1 is 1.08 bits per heavy atom. The molecule has 0 aliphatic rings. The average molecular weight is 349 g/mol. The van der Waals surface area contributed by atoms with E-state index in [1.165, 1.54) is 0 Å². The minimum atomic E-state index is -0.120. The third-order valence-corrected chi connectivity index (χ3v) is 4.36. The summed E-state index contributed by atoms with van der Waals surface area (Å²) in [6.07, 6.45) is 0. The highest BCUT2D eigenvalue weighted by Crippen LogP contribution is 2.21. The molecule has 3 aromatic rings. The first kappa shape index (κ1) is 17.8. The van der Waals surface area contributed by atoms with Crippen molar-refractivity contribution in [1.29, 1.82) is 0 Å². The van der Waals surface area contributed by atoms with Crippen molar-refractivity contribution in [1.82, 2.24) is 25.2 Å². The Kier molecular flexibility index (Phi) is 5.43. The van der Waals surface area contributed by atoms with Gasteiger partial charge >= 0.3 is 0 Å². The zero-order chi connectivity index (χ0) is 18.5. The Bertz CT molecular complexity index is 871. The summed E-state index contributed by atoms with van der Waals surface area (Å²) in [7, 11) is 3.63. The average Bonchev–Trinajstić information content (AvgIpc) is 3.07. The second kappa shape index (κ2) is 7.93. The van der Waals surface area contributed by atoms with E-state index in [0.717, 1.165) is 29.1 Å². The molecule has 1 aromatic heterocycles. The van der Waals surface area contributed by atoms with E-state index < -0.39 is 0 Å².